The van der Waals surface area contributed by atoms with E-state index in [4.69, 9.17) is 9.84 Å². The van der Waals surface area contributed by atoms with Crippen LogP contribution in [0.1, 0.15) is 15.9 Å². The summed E-state index contributed by atoms with van der Waals surface area (Å²) in [6.45, 7) is 1.35. The molecule has 94 valence electrons. The molecule has 0 saturated carbocycles. The molecular formula is C12H11NO5. The van der Waals surface area contributed by atoms with Gasteiger partial charge in [0.2, 0.25) is 0 Å². The maximum absolute atomic E-state index is 11.7. The van der Waals surface area contributed by atoms with Gasteiger partial charge in [0.05, 0.1) is 11.3 Å². The predicted octanol–water partition coefficient (Wildman–Crippen LogP) is 0.583. The molecule has 2 rings (SSSR count). The number of amides is 2. The number of benzene rings is 1. The molecule has 2 amide bonds. The minimum Gasteiger partial charge on any atom is -0.478 e. The summed E-state index contributed by atoms with van der Waals surface area (Å²) in [6.07, 6.45) is 0. The van der Waals surface area contributed by atoms with Gasteiger partial charge in [0.1, 0.15) is 13.2 Å². The Labute approximate surface area is 103 Å². The molecule has 0 aromatic heterocycles. The predicted molar refractivity (Wildman–Crippen MR) is 61.5 cm³/mol. The summed E-state index contributed by atoms with van der Waals surface area (Å²) in [7, 11) is 0. The van der Waals surface area contributed by atoms with Gasteiger partial charge in [-0.15, -0.1) is 0 Å². The number of aromatic carboxylic acids is 1. The lowest BCUT2D eigenvalue weighted by molar-refractivity contribution is -0.138. The van der Waals surface area contributed by atoms with Crippen LogP contribution in [-0.2, 0) is 14.3 Å². The Balaban J connectivity index is 2.48. The third-order valence-electron chi connectivity index (χ3n) is 2.65. The minimum absolute atomic E-state index is 0.0303. The number of ether oxygens (including phenoxy) is 1. The first-order valence-electron chi connectivity index (χ1n) is 5.28. The number of rotatable bonds is 2. The number of carboxylic acids is 1. The highest BCUT2D eigenvalue weighted by Gasteiger charge is 2.29. The molecule has 0 aliphatic carbocycles. The van der Waals surface area contributed by atoms with Gasteiger partial charge in [0, 0.05) is 0 Å². The van der Waals surface area contributed by atoms with Crippen molar-refractivity contribution < 1.29 is 24.2 Å². The number of imide groups is 1. The molecule has 0 unspecified atom stereocenters. The van der Waals surface area contributed by atoms with E-state index < -0.39 is 17.8 Å². The summed E-state index contributed by atoms with van der Waals surface area (Å²) in [6, 6.07) is 4.31. The Morgan fingerprint density at radius 1 is 1.28 bits per heavy atom. The minimum atomic E-state index is -1.11. The van der Waals surface area contributed by atoms with Crippen LogP contribution in [0.15, 0.2) is 18.2 Å². The maximum atomic E-state index is 11.7. The molecule has 1 aliphatic heterocycles. The van der Waals surface area contributed by atoms with Crippen molar-refractivity contribution in [3.05, 3.63) is 29.3 Å². The second-order valence-electron chi connectivity index (χ2n) is 3.92. The Kier molecular flexibility index (Phi) is 3.12. The first kappa shape index (κ1) is 12.3. The lowest BCUT2D eigenvalue weighted by atomic mass is 10.1. The SMILES string of the molecule is Cc1ccc(C(=O)O)cc1N1C(=O)COCC1=O. The van der Waals surface area contributed by atoms with E-state index in [9.17, 15) is 14.4 Å². The molecular weight excluding hydrogens is 238 g/mol. The van der Waals surface area contributed by atoms with Crippen LogP contribution in [0.25, 0.3) is 0 Å². The largest absolute Gasteiger partial charge is 0.478 e. The number of hydrogen-bond acceptors (Lipinski definition) is 4. The molecule has 6 heteroatoms. The Hall–Kier alpha value is -2.21. The monoisotopic (exact) mass is 249 g/mol. The molecule has 1 fully saturated rings. The van der Waals surface area contributed by atoms with Gasteiger partial charge in [-0.2, -0.15) is 0 Å². The standard InChI is InChI=1S/C12H11NO5/c1-7-2-3-8(12(16)17)4-9(7)13-10(14)5-18-6-11(13)15/h2-4H,5-6H2,1H3,(H,16,17). The van der Waals surface area contributed by atoms with Crippen molar-refractivity contribution in [2.24, 2.45) is 0 Å². The maximum Gasteiger partial charge on any atom is 0.335 e. The van der Waals surface area contributed by atoms with Crippen molar-refractivity contribution in [2.75, 3.05) is 18.1 Å². The normalized spacial score (nSPS) is 15.9. The highest BCUT2D eigenvalue weighted by Crippen LogP contribution is 2.23. The Morgan fingerprint density at radius 2 is 1.89 bits per heavy atom. The van der Waals surface area contributed by atoms with Crippen molar-refractivity contribution in [1.82, 2.24) is 0 Å². The number of aryl methyl sites for hydroxylation is 1. The molecule has 1 aromatic rings. The van der Waals surface area contributed by atoms with Gasteiger partial charge in [-0.05, 0) is 24.6 Å². The number of hydrogen-bond donors (Lipinski definition) is 1. The molecule has 6 nitrogen and oxygen atoms in total. The average molecular weight is 249 g/mol. The molecule has 0 spiro atoms. The molecule has 1 heterocycles. The van der Waals surface area contributed by atoms with E-state index >= 15 is 0 Å². The lowest BCUT2D eigenvalue weighted by Crippen LogP contribution is -2.46. The molecule has 0 radical (unpaired) electrons. The number of nitrogens with zero attached hydrogens (tertiary/aromatic N) is 1. The lowest BCUT2D eigenvalue weighted by Gasteiger charge is -2.26. The smallest absolute Gasteiger partial charge is 0.335 e. The number of carboxylic acid groups (broad SMARTS) is 1. The van der Waals surface area contributed by atoms with E-state index in [2.05, 4.69) is 0 Å². The van der Waals surface area contributed by atoms with Gasteiger partial charge in [-0.25, -0.2) is 9.69 Å². The molecule has 1 aliphatic rings. The van der Waals surface area contributed by atoms with E-state index in [0.29, 0.717) is 11.3 Å². The quantitative estimate of drug-likeness (QED) is 0.775. The van der Waals surface area contributed by atoms with Gasteiger partial charge in [-0.1, -0.05) is 6.07 Å². The van der Waals surface area contributed by atoms with Crippen LogP contribution in [0, 0.1) is 6.92 Å². The van der Waals surface area contributed by atoms with Crippen molar-refractivity contribution >= 4 is 23.5 Å². The van der Waals surface area contributed by atoms with E-state index in [1.54, 1.807) is 13.0 Å². The van der Waals surface area contributed by atoms with Gasteiger partial charge < -0.3 is 9.84 Å². The van der Waals surface area contributed by atoms with Crippen LogP contribution in [0.3, 0.4) is 0 Å². The highest BCUT2D eigenvalue weighted by atomic mass is 16.5. The molecule has 1 N–H and O–H groups in total. The van der Waals surface area contributed by atoms with E-state index in [0.717, 1.165) is 4.90 Å². The fourth-order valence-electron chi connectivity index (χ4n) is 1.75. The Morgan fingerprint density at radius 3 is 2.44 bits per heavy atom. The third kappa shape index (κ3) is 2.10. The van der Waals surface area contributed by atoms with E-state index in [-0.39, 0.29) is 18.8 Å². The van der Waals surface area contributed by atoms with Crippen LogP contribution in [0.4, 0.5) is 5.69 Å². The zero-order chi connectivity index (χ0) is 13.3. The number of carbonyl (C=O) groups excluding carboxylic acids is 2. The summed E-state index contributed by atoms with van der Waals surface area (Å²) in [4.78, 5) is 35.2. The number of morpholine rings is 1. The molecule has 1 aromatic carbocycles. The van der Waals surface area contributed by atoms with Crippen molar-refractivity contribution in [3.8, 4) is 0 Å². The van der Waals surface area contributed by atoms with Gasteiger partial charge in [-0.3, -0.25) is 9.59 Å². The second kappa shape index (κ2) is 4.58. The van der Waals surface area contributed by atoms with Crippen LogP contribution in [0.5, 0.6) is 0 Å². The summed E-state index contributed by atoms with van der Waals surface area (Å²) in [5.74, 6) is -2.09. The van der Waals surface area contributed by atoms with Crippen molar-refractivity contribution in [3.63, 3.8) is 0 Å². The van der Waals surface area contributed by atoms with E-state index in [1.807, 2.05) is 0 Å². The summed E-state index contributed by atoms with van der Waals surface area (Å²) in [5.41, 5.74) is 0.986. The fourth-order valence-corrected chi connectivity index (χ4v) is 1.75. The number of carbonyl (C=O) groups is 3. The molecule has 1 saturated heterocycles. The van der Waals surface area contributed by atoms with Gasteiger partial charge in [0.15, 0.2) is 0 Å². The molecule has 0 atom stereocenters. The van der Waals surface area contributed by atoms with Gasteiger partial charge >= 0.3 is 5.97 Å². The fraction of sp³-hybridized carbons (Fsp3) is 0.250. The second-order valence-corrected chi connectivity index (χ2v) is 3.92. The molecule has 0 bridgehead atoms. The highest BCUT2D eigenvalue weighted by molar-refractivity contribution is 6.17. The average Bonchev–Trinajstić information content (AvgIpc) is 2.30. The first-order valence-corrected chi connectivity index (χ1v) is 5.28. The zero-order valence-corrected chi connectivity index (χ0v) is 9.67. The van der Waals surface area contributed by atoms with Crippen LogP contribution < -0.4 is 4.90 Å². The summed E-state index contributed by atoms with van der Waals surface area (Å²) >= 11 is 0. The summed E-state index contributed by atoms with van der Waals surface area (Å²) < 4.78 is 4.81. The van der Waals surface area contributed by atoms with Crippen LogP contribution >= 0.6 is 0 Å². The zero-order valence-electron chi connectivity index (χ0n) is 9.67. The number of anilines is 1. The third-order valence-corrected chi connectivity index (χ3v) is 2.65. The Bertz CT molecular complexity index is 521. The van der Waals surface area contributed by atoms with Crippen molar-refractivity contribution in [1.29, 1.82) is 0 Å². The van der Waals surface area contributed by atoms with Crippen LogP contribution in [0.2, 0.25) is 0 Å². The van der Waals surface area contributed by atoms with Crippen LogP contribution in [-0.4, -0.2) is 36.1 Å². The van der Waals surface area contributed by atoms with Crippen molar-refractivity contribution in [2.45, 2.75) is 6.92 Å². The van der Waals surface area contributed by atoms with E-state index in [1.165, 1.54) is 12.1 Å². The summed E-state index contributed by atoms with van der Waals surface area (Å²) in [5, 5.41) is 8.92. The first-order chi connectivity index (χ1) is 8.50. The van der Waals surface area contributed by atoms with Gasteiger partial charge in [0.25, 0.3) is 11.8 Å². The molecule has 18 heavy (non-hydrogen) atoms. The topological polar surface area (TPSA) is 83.9 Å².